The van der Waals surface area contributed by atoms with Crippen molar-refractivity contribution < 1.29 is 4.79 Å². The highest BCUT2D eigenvalue weighted by atomic mass is 32.2. The Labute approximate surface area is 153 Å². The average Bonchev–Trinajstić information content (AvgIpc) is 2.57. The maximum atomic E-state index is 12.8. The van der Waals surface area contributed by atoms with Gasteiger partial charge in [0.1, 0.15) is 0 Å². The van der Waals surface area contributed by atoms with Gasteiger partial charge in [0, 0.05) is 10.9 Å². The van der Waals surface area contributed by atoms with Crippen molar-refractivity contribution in [2.75, 3.05) is 0 Å². The number of hydrogen-bond donors (Lipinski definition) is 0. The molecule has 0 spiro atoms. The number of ketones is 1. The molecular formula is C22H23NOS. The zero-order valence-electron chi connectivity index (χ0n) is 15.4. The van der Waals surface area contributed by atoms with Gasteiger partial charge in [0.15, 0.2) is 5.78 Å². The maximum Gasteiger partial charge on any atom is 0.175 e. The lowest BCUT2D eigenvalue weighted by Crippen LogP contribution is -2.14. The number of carbonyl (C=O) groups is 1. The molecule has 1 heterocycles. The number of aromatic nitrogens is 1. The van der Waals surface area contributed by atoms with Crippen molar-refractivity contribution >= 4 is 28.4 Å². The van der Waals surface area contributed by atoms with Crippen LogP contribution in [0.1, 0.15) is 39.5 Å². The van der Waals surface area contributed by atoms with E-state index in [4.69, 9.17) is 4.98 Å². The van der Waals surface area contributed by atoms with E-state index in [1.807, 2.05) is 32.0 Å². The second-order valence-corrected chi connectivity index (χ2v) is 8.03. The van der Waals surface area contributed by atoms with Crippen molar-refractivity contribution in [3.63, 3.8) is 0 Å². The highest BCUT2D eigenvalue weighted by molar-refractivity contribution is 8.00. The summed E-state index contributed by atoms with van der Waals surface area (Å²) in [7, 11) is 0. The van der Waals surface area contributed by atoms with Gasteiger partial charge in [0.25, 0.3) is 0 Å². The Kier molecular flexibility index (Phi) is 4.96. The minimum absolute atomic E-state index is 0.150. The fourth-order valence-corrected chi connectivity index (χ4v) is 3.95. The summed E-state index contributed by atoms with van der Waals surface area (Å²) < 4.78 is 0. The van der Waals surface area contributed by atoms with Gasteiger partial charge in [-0.05, 0) is 69.0 Å². The molecule has 3 heteroatoms. The van der Waals surface area contributed by atoms with Gasteiger partial charge in [-0.25, -0.2) is 4.98 Å². The number of Topliss-reactive ketones (excluding diaryl/α,β-unsaturated/α-hetero) is 1. The number of nitrogens with zero attached hydrogens (tertiary/aromatic N) is 1. The minimum atomic E-state index is -0.171. The monoisotopic (exact) mass is 349 g/mol. The number of pyridine rings is 1. The molecule has 0 radical (unpaired) electrons. The van der Waals surface area contributed by atoms with Crippen molar-refractivity contribution in [2.24, 2.45) is 0 Å². The van der Waals surface area contributed by atoms with Crippen LogP contribution in [-0.4, -0.2) is 16.0 Å². The van der Waals surface area contributed by atoms with Crippen LogP contribution in [0, 0.1) is 27.7 Å². The number of fused-ring (bicyclic) bond motifs is 1. The van der Waals surface area contributed by atoms with Crippen molar-refractivity contribution in [2.45, 2.75) is 44.9 Å². The molecule has 0 aliphatic rings. The fraction of sp³-hybridized carbons (Fsp3) is 0.273. The predicted octanol–water partition coefficient (Wildman–Crippen LogP) is 5.83. The SMILES string of the molecule is Cc1ccc(C(=O)[C@@H](C)Sc2cc(C)c3cccc(C)c3n2)cc1C. The van der Waals surface area contributed by atoms with Gasteiger partial charge in [0.2, 0.25) is 0 Å². The zero-order valence-corrected chi connectivity index (χ0v) is 16.2. The van der Waals surface area contributed by atoms with Gasteiger partial charge in [-0.2, -0.15) is 0 Å². The normalized spacial score (nSPS) is 12.4. The molecule has 0 saturated carbocycles. The Balaban J connectivity index is 1.88. The molecule has 128 valence electrons. The van der Waals surface area contributed by atoms with E-state index in [2.05, 4.69) is 45.0 Å². The third-order valence-electron chi connectivity index (χ3n) is 4.68. The summed E-state index contributed by atoms with van der Waals surface area (Å²) in [6, 6.07) is 14.2. The molecule has 25 heavy (non-hydrogen) atoms. The van der Waals surface area contributed by atoms with E-state index in [-0.39, 0.29) is 11.0 Å². The van der Waals surface area contributed by atoms with Crippen LogP contribution in [0.2, 0.25) is 0 Å². The summed E-state index contributed by atoms with van der Waals surface area (Å²) in [4.78, 5) is 17.6. The minimum Gasteiger partial charge on any atom is -0.293 e. The van der Waals surface area contributed by atoms with E-state index in [0.717, 1.165) is 27.2 Å². The van der Waals surface area contributed by atoms with E-state index in [1.165, 1.54) is 28.3 Å². The Hall–Kier alpha value is -2.13. The third kappa shape index (κ3) is 3.62. The van der Waals surface area contributed by atoms with Crippen LogP contribution in [0.5, 0.6) is 0 Å². The second-order valence-electron chi connectivity index (χ2n) is 6.67. The van der Waals surface area contributed by atoms with E-state index in [0.29, 0.717) is 0 Å². The van der Waals surface area contributed by atoms with Crippen LogP contribution >= 0.6 is 11.8 Å². The van der Waals surface area contributed by atoms with Crippen LogP contribution in [0.4, 0.5) is 0 Å². The topological polar surface area (TPSA) is 30.0 Å². The van der Waals surface area contributed by atoms with Crippen molar-refractivity contribution in [1.82, 2.24) is 4.98 Å². The maximum absolute atomic E-state index is 12.8. The molecule has 0 bridgehead atoms. The summed E-state index contributed by atoms with van der Waals surface area (Å²) in [5.41, 5.74) is 6.52. The van der Waals surface area contributed by atoms with Gasteiger partial charge in [-0.3, -0.25) is 4.79 Å². The number of carbonyl (C=O) groups excluding carboxylic acids is 1. The molecule has 3 rings (SSSR count). The number of aryl methyl sites for hydroxylation is 4. The lowest BCUT2D eigenvalue weighted by Gasteiger charge is -2.13. The molecule has 1 aromatic heterocycles. The summed E-state index contributed by atoms with van der Waals surface area (Å²) >= 11 is 1.53. The Morgan fingerprint density at radius 2 is 1.68 bits per heavy atom. The first kappa shape index (κ1) is 17.7. The standard InChI is InChI=1S/C22H23NOS/c1-13-9-10-18(11-15(13)3)22(24)17(5)25-20-12-16(4)19-8-6-7-14(2)21(19)23-20/h6-12,17H,1-5H3/t17-/m1/s1. The molecule has 0 aliphatic heterocycles. The first-order valence-electron chi connectivity index (χ1n) is 8.52. The van der Waals surface area contributed by atoms with Gasteiger partial charge < -0.3 is 0 Å². The molecule has 0 fully saturated rings. The van der Waals surface area contributed by atoms with E-state index >= 15 is 0 Å². The van der Waals surface area contributed by atoms with Gasteiger partial charge in [0.05, 0.1) is 15.8 Å². The number of para-hydroxylation sites is 1. The van der Waals surface area contributed by atoms with Gasteiger partial charge in [-0.1, -0.05) is 42.1 Å². The Morgan fingerprint density at radius 1 is 0.920 bits per heavy atom. The summed E-state index contributed by atoms with van der Waals surface area (Å²) in [6.07, 6.45) is 0. The van der Waals surface area contributed by atoms with E-state index in [1.54, 1.807) is 0 Å². The molecule has 0 amide bonds. The summed E-state index contributed by atoms with van der Waals surface area (Å²) in [5.74, 6) is 0.150. The molecule has 0 saturated heterocycles. The van der Waals surface area contributed by atoms with E-state index < -0.39 is 0 Å². The molecule has 2 nitrogen and oxygen atoms in total. The van der Waals surface area contributed by atoms with Crippen molar-refractivity contribution in [3.8, 4) is 0 Å². The molecule has 0 aliphatic carbocycles. The quantitative estimate of drug-likeness (QED) is 0.438. The molecule has 0 unspecified atom stereocenters. The van der Waals surface area contributed by atoms with Crippen LogP contribution in [-0.2, 0) is 0 Å². The zero-order chi connectivity index (χ0) is 18.1. The largest absolute Gasteiger partial charge is 0.293 e. The molecule has 0 N–H and O–H groups in total. The number of hydrogen-bond acceptors (Lipinski definition) is 3. The van der Waals surface area contributed by atoms with Gasteiger partial charge >= 0.3 is 0 Å². The van der Waals surface area contributed by atoms with E-state index in [9.17, 15) is 4.79 Å². The Bertz CT molecular complexity index is 962. The predicted molar refractivity (Wildman–Crippen MR) is 107 cm³/mol. The number of benzene rings is 2. The lowest BCUT2D eigenvalue weighted by atomic mass is 10.0. The van der Waals surface area contributed by atoms with Crippen molar-refractivity contribution in [1.29, 1.82) is 0 Å². The number of thioether (sulfide) groups is 1. The van der Waals surface area contributed by atoms with Gasteiger partial charge in [-0.15, -0.1) is 0 Å². The smallest absolute Gasteiger partial charge is 0.175 e. The first-order chi connectivity index (χ1) is 11.9. The lowest BCUT2D eigenvalue weighted by molar-refractivity contribution is 0.0994. The summed E-state index contributed by atoms with van der Waals surface area (Å²) in [5, 5.41) is 1.91. The molecular weight excluding hydrogens is 326 g/mol. The highest BCUT2D eigenvalue weighted by Gasteiger charge is 2.18. The molecule has 1 atom stereocenters. The van der Waals surface area contributed by atoms with Crippen LogP contribution in [0.15, 0.2) is 47.5 Å². The highest BCUT2D eigenvalue weighted by Crippen LogP contribution is 2.29. The molecule has 2 aromatic carbocycles. The van der Waals surface area contributed by atoms with Crippen molar-refractivity contribution in [3.05, 3.63) is 70.3 Å². The summed E-state index contributed by atoms with van der Waals surface area (Å²) in [6.45, 7) is 10.2. The first-order valence-corrected chi connectivity index (χ1v) is 9.40. The van der Waals surface area contributed by atoms with Crippen LogP contribution in [0.3, 0.4) is 0 Å². The molecule has 3 aromatic rings. The third-order valence-corrected chi connectivity index (χ3v) is 5.70. The average molecular weight is 349 g/mol. The number of rotatable bonds is 4. The van der Waals surface area contributed by atoms with Crippen LogP contribution in [0.25, 0.3) is 10.9 Å². The fourth-order valence-electron chi connectivity index (χ4n) is 2.96. The second kappa shape index (κ2) is 7.01. The van der Waals surface area contributed by atoms with Crippen LogP contribution < -0.4 is 0 Å². The Morgan fingerprint density at radius 3 is 2.40 bits per heavy atom.